The molecule has 0 atom stereocenters. The summed E-state index contributed by atoms with van der Waals surface area (Å²) in [6.45, 7) is 1.77. The Kier molecular flexibility index (Phi) is 4.76. The highest BCUT2D eigenvalue weighted by molar-refractivity contribution is 6.03. The van der Waals surface area contributed by atoms with Gasteiger partial charge in [0.05, 0.1) is 6.42 Å². The maximum absolute atomic E-state index is 11.0. The highest BCUT2D eigenvalue weighted by atomic mass is 16.2. The predicted molar refractivity (Wildman–Crippen MR) is 46.5 cm³/mol. The van der Waals surface area contributed by atoms with Crippen LogP contribution in [-0.4, -0.2) is 25.8 Å². The fourth-order valence-corrected chi connectivity index (χ4v) is 0.611. The molecule has 68 valence electrons. The van der Waals surface area contributed by atoms with Crippen molar-refractivity contribution >= 4 is 11.7 Å². The van der Waals surface area contributed by atoms with Crippen LogP contribution in [0.3, 0.4) is 0 Å². The van der Waals surface area contributed by atoms with Crippen LogP contribution in [0.5, 0.6) is 0 Å². The van der Waals surface area contributed by atoms with Crippen LogP contribution < -0.4 is 10.6 Å². The molecule has 2 N–H and O–H groups in total. The molecule has 12 heavy (non-hydrogen) atoms. The molecule has 0 rings (SSSR count). The average molecular weight is 170 g/mol. The van der Waals surface area contributed by atoms with Gasteiger partial charge in [-0.3, -0.25) is 9.59 Å². The van der Waals surface area contributed by atoms with E-state index in [9.17, 15) is 9.59 Å². The number of hydrogen-bond acceptors (Lipinski definition) is 3. The third-order valence-corrected chi connectivity index (χ3v) is 1.39. The Morgan fingerprint density at radius 2 is 1.83 bits per heavy atom. The van der Waals surface area contributed by atoms with E-state index in [2.05, 4.69) is 10.6 Å². The topological polar surface area (TPSA) is 58.2 Å². The van der Waals surface area contributed by atoms with E-state index in [0.29, 0.717) is 0 Å². The van der Waals surface area contributed by atoms with Crippen LogP contribution in [0.25, 0.3) is 0 Å². The minimum absolute atomic E-state index is 0.0878. The van der Waals surface area contributed by atoms with Crippen molar-refractivity contribution in [2.24, 2.45) is 0 Å². The van der Waals surface area contributed by atoms with Gasteiger partial charge in [0.1, 0.15) is 0 Å². The van der Waals surface area contributed by atoms with Gasteiger partial charge in [0, 0.05) is 25.9 Å². The molecule has 0 bridgehead atoms. The van der Waals surface area contributed by atoms with Gasteiger partial charge in [0.2, 0.25) is 5.91 Å². The Balaban J connectivity index is 3.98. The quantitative estimate of drug-likeness (QED) is 0.454. The second kappa shape index (κ2) is 5.35. The largest absolute Gasteiger partial charge is 0.392 e. The van der Waals surface area contributed by atoms with Crippen molar-refractivity contribution < 1.29 is 9.59 Å². The van der Waals surface area contributed by atoms with Crippen LogP contribution >= 0.6 is 0 Å². The fourth-order valence-electron chi connectivity index (χ4n) is 0.611. The van der Waals surface area contributed by atoms with Crippen molar-refractivity contribution in [3.63, 3.8) is 0 Å². The summed E-state index contributed by atoms with van der Waals surface area (Å²) in [7, 11) is 3.23. The first-order chi connectivity index (χ1) is 5.60. The smallest absolute Gasteiger partial charge is 0.227 e. The lowest BCUT2D eigenvalue weighted by molar-refractivity contribution is -0.125. The lowest BCUT2D eigenvalue weighted by atomic mass is 10.2. The Morgan fingerprint density at radius 3 is 2.25 bits per heavy atom. The number of nitrogens with one attached hydrogen (secondary N) is 2. The Bertz CT molecular complexity index is 209. The molecular weight excluding hydrogens is 156 g/mol. The maximum atomic E-state index is 11.0. The summed E-state index contributed by atoms with van der Waals surface area (Å²) in [4.78, 5) is 21.7. The average Bonchev–Trinajstić information content (AvgIpc) is 2.03. The summed E-state index contributed by atoms with van der Waals surface area (Å²) < 4.78 is 0. The van der Waals surface area contributed by atoms with Crippen molar-refractivity contribution in [3.8, 4) is 0 Å². The van der Waals surface area contributed by atoms with E-state index in [-0.39, 0.29) is 18.1 Å². The highest BCUT2D eigenvalue weighted by Gasteiger charge is 2.04. The van der Waals surface area contributed by atoms with E-state index in [1.165, 1.54) is 13.1 Å². The summed E-state index contributed by atoms with van der Waals surface area (Å²) in [6, 6.07) is 0. The zero-order valence-electron chi connectivity index (χ0n) is 7.60. The van der Waals surface area contributed by atoms with E-state index in [4.69, 9.17) is 0 Å². The second-order valence-electron chi connectivity index (χ2n) is 2.39. The first-order valence-corrected chi connectivity index (χ1v) is 3.69. The number of rotatable bonds is 4. The Morgan fingerprint density at radius 1 is 1.25 bits per heavy atom. The standard InChI is InChI=1S/C8H14N2O2/c1-6(9-2)4-7(11)5-8(12)10-3/h4,9H,5H2,1-3H3,(H,10,12). The summed E-state index contributed by atoms with van der Waals surface area (Å²) in [5.74, 6) is -0.457. The number of hydrogen-bond donors (Lipinski definition) is 2. The molecule has 0 saturated heterocycles. The maximum Gasteiger partial charge on any atom is 0.227 e. The molecule has 0 fully saturated rings. The van der Waals surface area contributed by atoms with E-state index < -0.39 is 0 Å². The number of allylic oxidation sites excluding steroid dienone is 2. The van der Waals surface area contributed by atoms with Crippen molar-refractivity contribution in [2.45, 2.75) is 13.3 Å². The molecule has 0 spiro atoms. The van der Waals surface area contributed by atoms with Crippen molar-refractivity contribution in [2.75, 3.05) is 14.1 Å². The summed E-state index contributed by atoms with van der Waals surface area (Å²) >= 11 is 0. The van der Waals surface area contributed by atoms with Gasteiger partial charge in [-0.15, -0.1) is 0 Å². The third kappa shape index (κ3) is 4.49. The first kappa shape index (κ1) is 10.7. The van der Waals surface area contributed by atoms with Crippen molar-refractivity contribution in [1.82, 2.24) is 10.6 Å². The van der Waals surface area contributed by atoms with Crippen LogP contribution in [0, 0.1) is 0 Å². The van der Waals surface area contributed by atoms with E-state index in [1.807, 2.05) is 0 Å². The first-order valence-electron chi connectivity index (χ1n) is 3.69. The molecule has 1 amide bonds. The molecule has 4 nitrogen and oxygen atoms in total. The predicted octanol–water partition coefficient (Wildman–Crippen LogP) is -0.185. The Hall–Kier alpha value is -1.32. The molecule has 0 unspecified atom stereocenters. The monoisotopic (exact) mass is 170 g/mol. The fraction of sp³-hybridized carbons (Fsp3) is 0.500. The van der Waals surface area contributed by atoms with Crippen LogP contribution in [-0.2, 0) is 9.59 Å². The van der Waals surface area contributed by atoms with E-state index in [1.54, 1.807) is 14.0 Å². The molecule has 0 aromatic rings. The number of carbonyl (C=O) groups is 2. The van der Waals surface area contributed by atoms with E-state index in [0.717, 1.165) is 5.70 Å². The van der Waals surface area contributed by atoms with Gasteiger partial charge in [-0.2, -0.15) is 0 Å². The van der Waals surface area contributed by atoms with Gasteiger partial charge in [0.25, 0.3) is 0 Å². The highest BCUT2D eigenvalue weighted by Crippen LogP contribution is 1.90. The molecule has 4 heteroatoms. The van der Waals surface area contributed by atoms with Crippen molar-refractivity contribution in [1.29, 1.82) is 0 Å². The van der Waals surface area contributed by atoms with Gasteiger partial charge in [-0.25, -0.2) is 0 Å². The van der Waals surface area contributed by atoms with Crippen molar-refractivity contribution in [3.05, 3.63) is 11.8 Å². The number of ketones is 1. The molecular formula is C8H14N2O2. The third-order valence-electron chi connectivity index (χ3n) is 1.39. The molecule has 0 aliphatic heterocycles. The molecule has 0 radical (unpaired) electrons. The molecule has 0 aromatic carbocycles. The molecule has 0 aliphatic carbocycles. The minimum Gasteiger partial charge on any atom is -0.392 e. The normalized spacial score (nSPS) is 10.8. The van der Waals surface area contributed by atoms with Gasteiger partial charge in [-0.1, -0.05) is 0 Å². The van der Waals surface area contributed by atoms with Gasteiger partial charge in [-0.05, 0) is 6.92 Å². The van der Waals surface area contributed by atoms with Crippen LogP contribution in [0.1, 0.15) is 13.3 Å². The van der Waals surface area contributed by atoms with Gasteiger partial charge >= 0.3 is 0 Å². The molecule has 0 aromatic heterocycles. The summed E-state index contributed by atoms with van der Waals surface area (Å²) in [5.41, 5.74) is 0.754. The summed E-state index contributed by atoms with van der Waals surface area (Å²) in [5, 5.41) is 5.17. The lowest BCUT2D eigenvalue weighted by Crippen LogP contribution is -2.20. The van der Waals surface area contributed by atoms with Gasteiger partial charge < -0.3 is 10.6 Å². The lowest BCUT2D eigenvalue weighted by Gasteiger charge is -1.98. The van der Waals surface area contributed by atoms with Crippen LogP contribution in [0.15, 0.2) is 11.8 Å². The minimum atomic E-state index is -0.264. The molecule has 0 heterocycles. The number of amides is 1. The number of carbonyl (C=O) groups excluding carboxylic acids is 2. The zero-order chi connectivity index (χ0) is 9.56. The van der Waals surface area contributed by atoms with E-state index >= 15 is 0 Å². The van der Waals surface area contributed by atoms with Crippen LogP contribution in [0.4, 0.5) is 0 Å². The summed E-state index contributed by atoms with van der Waals surface area (Å²) in [6.07, 6.45) is 1.32. The molecule has 0 aliphatic rings. The Labute approximate surface area is 72.0 Å². The second-order valence-corrected chi connectivity index (χ2v) is 2.39. The molecule has 0 saturated carbocycles. The van der Waals surface area contributed by atoms with Gasteiger partial charge in [0.15, 0.2) is 5.78 Å². The van der Waals surface area contributed by atoms with Crippen LogP contribution in [0.2, 0.25) is 0 Å². The SMILES string of the molecule is CNC(=O)CC(=O)C=C(C)NC. The zero-order valence-corrected chi connectivity index (χ0v) is 7.60.